The quantitative estimate of drug-likeness (QED) is 0.894. The molecule has 1 aromatic heterocycles. The van der Waals surface area contributed by atoms with E-state index in [0.29, 0.717) is 17.4 Å². The minimum absolute atomic E-state index is 0.230. The third kappa shape index (κ3) is 2.69. The monoisotopic (exact) mass is 283 g/mol. The van der Waals surface area contributed by atoms with Crippen LogP contribution in [0.1, 0.15) is 6.92 Å². The second-order valence-corrected chi connectivity index (χ2v) is 6.26. The second-order valence-electron chi connectivity index (χ2n) is 3.60. The fourth-order valence-electron chi connectivity index (χ4n) is 1.52. The summed E-state index contributed by atoms with van der Waals surface area (Å²) in [4.78, 5) is 4.36. The molecule has 1 heterocycles. The van der Waals surface area contributed by atoms with Gasteiger partial charge in [0.2, 0.25) is 10.0 Å². The number of aromatic nitrogens is 1. The summed E-state index contributed by atoms with van der Waals surface area (Å²) in [5.41, 5.74) is 6.99. The zero-order chi connectivity index (χ0) is 13.2. The molecular weight excluding hydrogens is 270 g/mol. The van der Waals surface area contributed by atoms with E-state index in [4.69, 9.17) is 5.73 Å². The average Bonchev–Trinajstić information content (AvgIpc) is 2.76. The minimum atomic E-state index is -3.44. The predicted molar refractivity (Wildman–Crippen MR) is 72.8 cm³/mol. The van der Waals surface area contributed by atoms with E-state index in [1.54, 1.807) is 36.6 Å². The molecule has 1 aromatic carbocycles. The molecule has 2 aromatic rings. The highest BCUT2D eigenvalue weighted by molar-refractivity contribution is 7.89. The zero-order valence-corrected chi connectivity index (χ0v) is 11.4. The van der Waals surface area contributed by atoms with E-state index in [-0.39, 0.29) is 4.90 Å². The van der Waals surface area contributed by atoms with Crippen molar-refractivity contribution in [3.8, 4) is 11.3 Å². The van der Waals surface area contributed by atoms with Crippen LogP contribution in [0.3, 0.4) is 0 Å². The molecule has 0 radical (unpaired) electrons. The normalized spacial score (nSPS) is 11.6. The highest BCUT2D eigenvalue weighted by Gasteiger charge is 2.13. The number of nitrogen functional groups attached to an aromatic ring is 1. The van der Waals surface area contributed by atoms with Gasteiger partial charge in [-0.25, -0.2) is 18.1 Å². The fourth-order valence-corrected chi connectivity index (χ4v) is 3.17. The van der Waals surface area contributed by atoms with Crippen molar-refractivity contribution in [2.45, 2.75) is 11.8 Å². The summed E-state index contributed by atoms with van der Waals surface area (Å²) in [5, 5.41) is 2.26. The molecule has 96 valence electrons. The molecule has 7 heteroatoms. The summed E-state index contributed by atoms with van der Waals surface area (Å²) in [6.45, 7) is 2.10. The molecule has 3 N–H and O–H groups in total. The Morgan fingerprint density at radius 2 is 2.22 bits per heavy atom. The van der Waals surface area contributed by atoms with Gasteiger partial charge in [0.05, 0.1) is 10.6 Å². The first-order valence-electron chi connectivity index (χ1n) is 5.34. The van der Waals surface area contributed by atoms with E-state index in [9.17, 15) is 8.42 Å². The lowest BCUT2D eigenvalue weighted by Crippen LogP contribution is -2.23. The topological polar surface area (TPSA) is 85.1 Å². The summed E-state index contributed by atoms with van der Waals surface area (Å²) in [7, 11) is -3.44. The summed E-state index contributed by atoms with van der Waals surface area (Å²) in [6.07, 6.45) is 0. The van der Waals surface area contributed by atoms with Crippen LogP contribution >= 0.6 is 11.3 Å². The molecule has 18 heavy (non-hydrogen) atoms. The van der Waals surface area contributed by atoms with Gasteiger partial charge >= 0.3 is 0 Å². The molecule has 0 aliphatic rings. The van der Waals surface area contributed by atoms with E-state index >= 15 is 0 Å². The molecule has 0 aliphatic carbocycles. The van der Waals surface area contributed by atoms with Crippen LogP contribution in [0.2, 0.25) is 0 Å². The first-order valence-corrected chi connectivity index (χ1v) is 7.70. The Balaban J connectivity index is 2.43. The van der Waals surface area contributed by atoms with Gasteiger partial charge in [0.15, 0.2) is 5.13 Å². The van der Waals surface area contributed by atoms with Crippen molar-refractivity contribution in [3.05, 3.63) is 29.6 Å². The number of rotatable bonds is 4. The highest BCUT2D eigenvalue weighted by atomic mass is 32.2. The van der Waals surface area contributed by atoms with Crippen LogP contribution in [0.15, 0.2) is 34.5 Å². The average molecular weight is 283 g/mol. The SMILES string of the molecule is CCNS(=O)(=O)c1cccc(-c2csc(N)n2)c1. The van der Waals surface area contributed by atoms with Crippen LogP contribution < -0.4 is 10.5 Å². The number of hydrogen-bond acceptors (Lipinski definition) is 5. The van der Waals surface area contributed by atoms with Gasteiger partial charge in [-0.2, -0.15) is 0 Å². The van der Waals surface area contributed by atoms with Crippen molar-refractivity contribution in [1.82, 2.24) is 9.71 Å². The molecule has 0 saturated carbocycles. The van der Waals surface area contributed by atoms with E-state index in [1.165, 1.54) is 11.3 Å². The second kappa shape index (κ2) is 5.05. The van der Waals surface area contributed by atoms with Crippen molar-refractivity contribution in [3.63, 3.8) is 0 Å². The number of benzene rings is 1. The summed E-state index contributed by atoms with van der Waals surface area (Å²) < 4.78 is 26.2. The maximum atomic E-state index is 11.9. The Kier molecular flexibility index (Phi) is 3.65. The lowest BCUT2D eigenvalue weighted by Gasteiger charge is -2.05. The van der Waals surface area contributed by atoms with Gasteiger partial charge < -0.3 is 5.73 Å². The third-order valence-corrected chi connectivity index (χ3v) is 4.51. The summed E-state index contributed by atoms with van der Waals surface area (Å²) >= 11 is 1.32. The Labute approximate surface area is 110 Å². The predicted octanol–water partition coefficient (Wildman–Crippen LogP) is 1.69. The van der Waals surface area contributed by atoms with Crippen molar-refractivity contribution in [2.75, 3.05) is 12.3 Å². The number of anilines is 1. The first-order chi connectivity index (χ1) is 8.53. The number of thiazole rings is 1. The van der Waals surface area contributed by atoms with Crippen molar-refractivity contribution >= 4 is 26.5 Å². The van der Waals surface area contributed by atoms with E-state index < -0.39 is 10.0 Å². The number of nitrogens with zero attached hydrogens (tertiary/aromatic N) is 1. The fraction of sp³-hybridized carbons (Fsp3) is 0.182. The maximum absolute atomic E-state index is 11.9. The lowest BCUT2D eigenvalue weighted by atomic mass is 10.2. The summed E-state index contributed by atoms with van der Waals surface area (Å²) in [5.74, 6) is 0. The van der Waals surface area contributed by atoms with Crippen molar-refractivity contribution in [1.29, 1.82) is 0 Å². The standard InChI is InChI=1S/C11H13N3O2S2/c1-2-13-18(15,16)9-5-3-4-8(6-9)10-7-17-11(12)14-10/h3-7,13H,2H2,1H3,(H2,12,14). The molecule has 0 spiro atoms. The molecule has 0 fully saturated rings. The molecule has 0 aliphatic heterocycles. The Hall–Kier alpha value is -1.44. The van der Waals surface area contributed by atoms with Crippen LogP contribution in [0.25, 0.3) is 11.3 Å². The molecule has 0 unspecified atom stereocenters. The third-order valence-electron chi connectivity index (χ3n) is 2.30. The van der Waals surface area contributed by atoms with Crippen LogP contribution in [-0.2, 0) is 10.0 Å². The Bertz CT molecular complexity index is 650. The number of nitrogens with one attached hydrogen (secondary N) is 1. The maximum Gasteiger partial charge on any atom is 0.240 e. The molecular formula is C11H13N3O2S2. The smallest absolute Gasteiger partial charge is 0.240 e. The Morgan fingerprint density at radius 1 is 1.44 bits per heavy atom. The Morgan fingerprint density at radius 3 is 2.83 bits per heavy atom. The minimum Gasteiger partial charge on any atom is -0.375 e. The number of hydrogen-bond donors (Lipinski definition) is 2. The molecule has 0 atom stereocenters. The van der Waals surface area contributed by atoms with Gasteiger partial charge in [-0.3, -0.25) is 0 Å². The van der Waals surface area contributed by atoms with E-state index in [1.807, 2.05) is 0 Å². The van der Waals surface area contributed by atoms with Crippen LogP contribution in [0.4, 0.5) is 5.13 Å². The molecule has 0 bridgehead atoms. The highest BCUT2D eigenvalue weighted by Crippen LogP contribution is 2.25. The van der Waals surface area contributed by atoms with Crippen LogP contribution in [0, 0.1) is 0 Å². The van der Waals surface area contributed by atoms with Gasteiger partial charge in [-0.1, -0.05) is 19.1 Å². The van der Waals surface area contributed by atoms with Gasteiger partial charge in [0.25, 0.3) is 0 Å². The molecule has 0 amide bonds. The van der Waals surface area contributed by atoms with E-state index in [2.05, 4.69) is 9.71 Å². The van der Waals surface area contributed by atoms with Crippen LogP contribution in [0.5, 0.6) is 0 Å². The van der Waals surface area contributed by atoms with Crippen molar-refractivity contribution in [2.24, 2.45) is 0 Å². The van der Waals surface area contributed by atoms with Gasteiger partial charge in [-0.15, -0.1) is 11.3 Å². The number of sulfonamides is 1. The largest absolute Gasteiger partial charge is 0.375 e. The van der Waals surface area contributed by atoms with Crippen LogP contribution in [-0.4, -0.2) is 19.9 Å². The molecule has 5 nitrogen and oxygen atoms in total. The van der Waals surface area contributed by atoms with E-state index in [0.717, 1.165) is 5.56 Å². The van der Waals surface area contributed by atoms with Crippen molar-refractivity contribution < 1.29 is 8.42 Å². The summed E-state index contributed by atoms with van der Waals surface area (Å²) in [6, 6.07) is 6.64. The molecule has 2 rings (SSSR count). The van der Waals surface area contributed by atoms with Gasteiger partial charge in [0.1, 0.15) is 0 Å². The lowest BCUT2D eigenvalue weighted by molar-refractivity contribution is 0.584. The first kappa shape index (κ1) is 13.0. The zero-order valence-electron chi connectivity index (χ0n) is 9.75. The van der Waals surface area contributed by atoms with Gasteiger partial charge in [-0.05, 0) is 12.1 Å². The number of nitrogens with two attached hydrogens (primary N) is 1. The van der Waals surface area contributed by atoms with Gasteiger partial charge in [0, 0.05) is 17.5 Å². The molecule has 0 saturated heterocycles.